The molecule has 4 N–H and O–H groups in total. The molecule has 3 aliphatic carbocycles. The topological polar surface area (TPSA) is 138 Å². The Bertz CT molecular complexity index is 1600. The van der Waals surface area contributed by atoms with Gasteiger partial charge >= 0.3 is 0 Å². The predicted molar refractivity (Wildman–Crippen MR) is 189 cm³/mol. The highest BCUT2D eigenvalue weighted by atomic mass is 32.2. The van der Waals surface area contributed by atoms with Gasteiger partial charge in [-0.15, -0.1) is 0 Å². The van der Waals surface area contributed by atoms with Gasteiger partial charge in [0, 0.05) is 63.0 Å². The number of hydrogen-bond donors (Lipinski definition) is 3. The Morgan fingerprint density at radius 3 is 2.48 bits per heavy atom. The van der Waals surface area contributed by atoms with E-state index >= 15 is 0 Å². The smallest absolute Gasteiger partial charge is 0.240 e. The number of nitrogens with one attached hydrogen (secondary N) is 1. The Labute approximate surface area is 286 Å². The van der Waals surface area contributed by atoms with Crippen LogP contribution in [0.5, 0.6) is 5.75 Å². The molecule has 1 amide bonds. The zero-order chi connectivity index (χ0) is 35.3. The van der Waals surface area contributed by atoms with Crippen LogP contribution in [0.25, 0.3) is 11.1 Å². The summed E-state index contributed by atoms with van der Waals surface area (Å²) in [5, 5.41) is 16.0. The van der Waals surface area contributed by atoms with Crippen molar-refractivity contribution in [2.75, 3.05) is 46.0 Å². The lowest BCUT2D eigenvalue weighted by atomic mass is 9.45. The Morgan fingerprint density at radius 2 is 1.92 bits per heavy atom. The maximum atomic E-state index is 14.2. The van der Waals surface area contributed by atoms with Gasteiger partial charge in [-0.1, -0.05) is 39.0 Å². The van der Waals surface area contributed by atoms with Crippen LogP contribution in [0.1, 0.15) is 51.7 Å². The number of nitrogens with zero attached hydrogens (tertiary/aromatic N) is 3. The van der Waals surface area contributed by atoms with Crippen LogP contribution in [0.15, 0.2) is 36.4 Å². The van der Waals surface area contributed by atoms with Crippen molar-refractivity contribution < 1.29 is 27.9 Å². The minimum absolute atomic E-state index is 0.0699. The number of aliphatic hydroxyl groups excluding tert-OH is 1. The molecule has 2 bridgehead atoms. The molecule has 0 radical (unpaired) electrons. The molecule has 0 spiro atoms. The summed E-state index contributed by atoms with van der Waals surface area (Å²) in [5.74, 6) is 1.48. The molecule has 2 aromatic carbocycles. The normalized spacial score (nSPS) is 29.0. The Kier molecular flexibility index (Phi) is 10.6. The molecule has 4 fully saturated rings. The molecule has 12 heteroatoms. The monoisotopic (exact) mass is 685 g/mol. The van der Waals surface area contributed by atoms with Gasteiger partial charge in [-0.3, -0.25) is 9.63 Å². The van der Waals surface area contributed by atoms with Gasteiger partial charge in [-0.2, -0.15) is 5.06 Å². The van der Waals surface area contributed by atoms with Crippen molar-refractivity contribution in [2.24, 2.45) is 34.8 Å². The summed E-state index contributed by atoms with van der Waals surface area (Å²) < 4.78 is 31.8. The van der Waals surface area contributed by atoms with Gasteiger partial charge in [0.25, 0.3) is 0 Å². The molecule has 0 aromatic heterocycles. The molecule has 1 aliphatic heterocycles. The van der Waals surface area contributed by atoms with Crippen molar-refractivity contribution in [1.82, 2.24) is 14.7 Å². The number of carbonyl (C=O) groups is 1. The van der Waals surface area contributed by atoms with Gasteiger partial charge in [-0.05, 0) is 72.3 Å². The second-order valence-corrected chi connectivity index (χ2v) is 17.2. The van der Waals surface area contributed by atoms with E-state index in [9.17, 15) is 18.3 Å². The van der Waals surface area contributed by atoms with Gasteiger partial charge in [-0.25, -0.2) is 12.7 Å². The maximum absolute atomic E-state index is 14.2. The van der Waals surface area contributed by atoms with E-state index in [4.69, 9.17) is 15.3 Å². The summed E-state index contributed by atoms with van der Waals surface area (Å²) in [6.07, 6.45) is 2.01. The number of anilines is 1. The molecule has 1 unspecified atom stereocenters. The van der Waals surface area contributed by atoms with Crippen LogP contribution in [0, 0.1) is 29.1 Å². The van der Waals surface area contributed by atoms with E-state index in [1.165, 1.54) is 17.0 Å². The molecule has 3 saturated carbocycles. The summed E-state index contributed by atoms with van der Waals surface area (Å²) in [6.45, 7) is 9.23. The number of hydroxylamine groups is 2. The molecule has 6 rings (SSSR count). The number of hydrogen-bond acceptors (Lipinski definition) is 9. The van der Waals surface area contributed by atoms with Crippen LogP contribution < -0.4 is 20.7 Å². The molecule has 2 aromatic rings. The Morgan fingerprint density at radius 1 is 1.21 bits per heavy atom. The number of carbonyl (C=O) groups excluding carboxylic acids is 1. The first-order valence-corrected chi connectivity index (χ1v) is 18.8. The third-order valence-corrected chi connectivity index (χ3v) is 12.8. The van der Waals surface area contributed by atoms with Gasteiger partial charge in [0.2, 0.25) is 15.9 Å². The van der Waals surface area contributed by atoms with E-state index < -0.39 is 34.2 Å². The number of fused-ring (bicyclic) bond motifs is 2. The highest BCUT2D eigenvalue weighted by Gasteiger charge is 2.57. The summed E-state index contributed by atoms with van der Waals surface area (Å²) in [6, 6.07) is 11.2. The highest BCUT2D eigenvalue weighted by Crippen LogP contribution is 2.61. The molecule has 8 atom stereocenters. The van der Waals surface area contributed by atoms with Gasteiger partial charge in [0.1, 0.15) is 11.8 Å². The summed E-state index contributed by atoms with van der Waals surface area (Å²) in [4.78, 5) is 22.5. The third-order valence-electron chi connectivity index (χ3n) is 11.5. The lowest BCUT2D eigenvalue weighted by molar-refractivity contribution is -0.175. The number of para-hydroxylation sites is 1. The average Bonchev–Trinajstić information content (AvgIpc) is 3.39. The predicted octanol–water partition coefficient (Wildman–Crippen LogP) is 3.45. The number of sulfonamides is 1. The van der Waals surface area contributed by atoms with Crippen LogP contribution in [0.2, 0.25) is 0 Å². The first-order valence-electron chi connectivity index (χ1n) is 17.0. The first kappa shape index (κ1) is 36.5. The maximum Gasteiger partial charge on any atom is 0.240 e. The lowest BCUT2D eigenvalue weighted by Crippen LogP contribution is -2.62. The van der Waals surface area contributed by atoms with Gasteiger partial charge in [0.05, 0.1) is 32.1 Å². The summed E-state index contributed by atoms with van der Waals surface area (Å²) in [5.41, 5.74) is 10.7. The molecule has 266 valence electrons. The molecule has 1 heterocycles. The SMILES string of the molecule is COc1c(CN2O[C@@H](CN)[C@H]([C@H](C)O)[C@H]2C(=O)N[C@H]2CC3C[C@@H]([C@@H]2C)C3(C)C)cccc1-c1cc(CN(C)S(C)(=O)=O)cc(N(C)C)c1. The van der Waals surface area contributed by atoms with E-state index in [1.54, 1.807) is 26.1 Å². The first-order chi connectivity index (χ1) is 22.5. The number of methoxy groups -OCH3 is 1. The fourth-order valence-corrected chi connectivity index (χ4v) is 8.81. The zero-order valence-electron chi connectivity index (χ0n) is 29.9. The second kappa shape index (κ2) is 13.9. The quantitative estimate of drug-likeness (QED) is 0.307. The molecule has 1 saturated heterocycles. The van der Waals surface area contributed by atoms with Crippen molar-refractivity contribution in [3.8, 4) is 16.9 Å². The van der Waals surface area contributed by atoms with Crippen LogP contribution in [0.3, 0.4) is 0 Å². The van der Waals surface area contributed by atoms with Gasteiger partial charge in [0.15, 0.2) is 0 Å². The fourth-order valence-electron chi connectivity index (χ4n) is 8.43. The molecule has 48 heavy (non-hydrogen) atoms. The largest absolute Gasteiger partial charge is 0.496 e. The van der Waals surface area contributed by atoms with Crippen molar-refractivity contribution in [3.05, 3.63) is 47.5 Å². The molecule has 11 nitrogen and oxygen atoms in total. The number of benzene rings is 2. The van der Waals surface area contributed by atoms with E-state index in [0.717, 1.165) is 34.4 Å². The number of aliphatic hydroxyl groups is 1. The standard InChI is InChI=1S/C36H55N5O6S/c1-21-29-16-26(36(29,3)4)17-30(21)38-35(43)33-32(22(2)42)31(18-37)47-41(33)20-24-11-10-12-28(34(24)46-8)25-13-23(14-27(15-25)39(5)6)19-40(7)48(9,44)45/h10-15,21-22,26,29-33,42H,16-20,37H2,1-9H3,(H,38,43)/t21-,22-,26?,29-,30-,31-,32-,33-/m0/s1. The average molecular weight is 686 g/mol. The molecule has 4 aliphatic rings. The fraction of sp³-hybridized carbons (Fsp3) is 0.639. The Balaban J connectivity index is 1.46. The van der Waals surface area contributed by atoms with Crippen molar-refractivity contribution in [1.29, 1.82) is 0 Å². The van der Waals surface area contributed by atoms with Crippen LogP contribution in [0.4, 0.5) is 5.69 Å². The third kappa shape index (κ3) is 6.97. The molecular weight excluding hydrogens is 630 g/mol. The van der Waals surface area contributed by atoms with Crippen LogP contribution >= 0.6 is 0 Å². The highest BCUT2D eigenvalue weighted by molar-refractivity contribution is 7.88. The second-order valence-electron chi connectivity index (χ2n) is 15.1. The summed E-state index contributed by atoms with van der Waals surface area (Å²) >= 11 is 0. The van der Waals surface area contributed by atoms with Crippen molar-refractivity contribution >= 4 is 21.6 Å². The van der Waals surface area contributed by atoms with Crippen molar-refractivity contribution in [2.45, 2.75) is 77.9 Å². The lowest BCUT2D eigenvalue weighted by Gasteiger charge is -2.62. The Hall–Kier alpha value is -2.74. The number of nitrogens with two attached hydrogens (primary N) is 1. The molecular formula is C36H55N5O6S. The summed E-state index contributed by atoms with van der Waals surface area (Å²) in [7, 11) is 3.69. The number of rotatable bonds is 12. The number of amides is 1. The van der Waals surface area contributed by atoms with Crippen LogP contribution in [-0.2, 0) is 32.7 Å². The van der Waals surface area contributed by atoms with Crippen molar-refractivity contribution in [3.63, 3.8) is 0 Å². The minimum atomic E-state index is -3.38. The zero-order valence-corrected chi connectivity index (χ0v) is 30.8. The minimum Gasteiger partial charge on any atom is -0.496 e. The van der Waals surface area contributed by atoms with Crippen LogP contribution in [-0.4, -0.2) is 94.1 Å². The van der Waals surface area contributed by atoms with E-state index in [-0.39, 0.29) is 31.6 Å². The van der Waals surface area contributed by atoms with E-state index in [2.05, 4.69) is 26.1 Å². The number of ether oxygens (including phenoxy) is 1. The van der Waals surface area contributed by atoms with Gasteiger partial charge < -0.3 is 25.8 Å². The van der Waals surface area contributed by atoms with E-state index in [0.29, 0.717) is 28.9 Å². The van der Waals surface area contributed by atoms with E-state index in [1.807, 2.05) is 55.4 Å².